The largest absolute Gasteiger partial charge is 0.272 e. The average Bonchev–Trinajstić information content (AvgIpc) is 2.41. The second-order valence-electron chi connectivity index (χ2n) is 3.76. The lowest BCUT2D eigenvalue weighted by Gasteiger charge is -2.07. The Morgan fingerprint density at radius 1 is 0.944 bits per heavy atom. The van der Waals surface area contributed by atoms with Crippen LogP contribution in [0.15, 0.2) is 60.7 Å². The third-order valence-corrected chi connectivity index (χ3v) is 2.32. The lowest BCUT2D eigenvalue weighted by atomic mass is 10.1. The van der Waals surface area contributed by atoms with Crippen molar-refractivity contribution in [2.24, 2.45) is 0 Å². The monoisotopic (exact) mass is 242 g/mol. The minimum absolute atomic E-state index is 0.204. The molecule has 2 aromatic rings. The molecular formula is C14H14N2O2. The van der Waals surface area contributed by atoms with Gasteiger partial charge in [-0.2, -0.15) is 4.94 Å². The molecule has 0 bridgehead atoms. The molecule has 0 aliphatic rings. The number of benzene rings is 2. The van der Waals surface area contributed by atoms with Crippen LogP contribution in [0.3, 0.4) is 0 Å². The predicted molar refractivity (Wildman–Crippen MR) is 69.4 cm³/mol. The van der Waals surface area contributed by atoms with Crippen molar-refractivity contribution in [3.63, 3.8) is 0 Å². The molecule has 0 saturated carbocycles. The maximum absolute atomic E-state index is 11.5. The van der Waals surface area contributed by atoms with Crippen molar-refractivity contribution in [1.82, 2.24) is 5.48 Å². The number of nitrogens with one attached hydrogen (secondary N) is 2. The normalized spacial score (nSPS) is 9.78. The van der Waals surface area contributed by atoms with E-state index in [4.69, 9.17) is 4.94 Å². The first kappa shape index (κ1) is 12.1. The van der Waals surface area contributed by atoms with Crippen LogP contribution in [0.2, 0.25) is 0 Å². The number of hydrogen-bond acceptors (Lipinski definition) is 3. The third-order valence-electron chi connectivity index (χ3n) is 2.32. The van der Waals surface area contributed by atoms with Crippen molar-refractivity contribution in [2.75, 3.05) is 5.48 Å². The second-order valence-corrected chi connectivity index (χ2v) is 3.76. The van der Waals surface area contributed by atoms with Gasteiger partial charge in [-0.05, 0) is 17.7 Å². The van der Waals surface area contributed by atoms with Crippen LogP contribution < -0.4 is 11.0 Å². The quantitative estimate of drug-likeness (QED) is 0.791. The van der Waals surface area contributed by atoms with E-state index in [1.165, 1.54) is 0 Å². The zero-order chi connectivity index (χ0) is 12.6. The summed E-state index contributed by atoms with van der Waals surface area (Å²) in [6.45, 7) is 0. The van der Waals surface area contributed by atoms with Crippen molar-refractivity contribution in [1.29, 1.82) is 0 Å². The van der Waals surface area contributed by atoms with Gasteiger partial charge in [0.1, 0.15) is 0 Å². The van der Waals surface area contributed by atoms with Gasteiger partial charge in [-0.15, -0.1) is 0 Å². The highest BCUT2D eigenvalue weighted by Gasteiger charge is 2.02. The Morgan fingerprint density at radius 3 is 2.22 bits per heavy atom. The van der Waals surface area contributed by atoms with Crippen LogP contribution in [-0.2, 0) is 16.2 Å². The number of anilines is 1. The van der Waals surface area contributed by atoms with Crippen LogP contribution >= 0.6 is 0 Å². The van der Waals surface area contributed by atoms with Crippen LogP contribution in [0.5, 0.6) is 0 Å². The number of carbonyl (C=O) groups excluding carboxylic acids is 1. The van der Waals surface area contributed by atoms with E-state index in [2.05, 4.69) is 11.0 Å². The summed E-state index contributed by atoms with van der Waals surface area (Å²) in [7, 11) is 0. The fourth-order valence-electron chi connectivity index (χ4n) is 1.46. The fourth-order valence-corrected chi connectivity index (χ4v) is 1.46. The van der Waals surface area contributed by atoms with Gasteiger partial charge in [0.25, 0.3) is 0 Å². The summed E-state index contributed by atoms with van der Waals surface area (Å²) in [6.07, 6.45) is 0.289. The zero-order valence-electron chi connectivity index (χ0n) is 9.80. The Kier molecular flexibility index (Phi) is 4.33. The van der Waals surface area contributed by atoms with Crippen LogP contribution in [-0.4, -0.2) is 5.91 Å². The molecule has 0 saturated heterocycles. The standard InChI is InChI=1S/C14H14N2O2/c17-14(11-12-7-3-1-4-8-12)16-18-15-13-9-5-2-6-10-13/h1-10,15H,11H2,(H,16,17). The molecule has 0 spiro atoms. The van der Waals surface area contributed by atoms with Gasteiger partial charge in [0.05, 0.1) is 12.1 Å². The minimum Gasteiger partial charge on any atom is -0.272 e. The first-order valence-electron chi connectivity index (χ1n) is 5.64. The molecule has 4 heteroatoms. The molecule has 0 aliphatic heterocycles. The molecule has 2 rings (SSSR count). The zero-order valence-corrected chi connectivity index (χ0v) is 9.80. The van der Waals surface area contributed by atoms with Crippen LogP contribution in [0.4, 0.5) is 5.69 Å². The number of hydrogen-bond donors (Lipinski definition) is 2. The minimum atomic E-state index is -0.204. The number of carbonyl (C=O) groups is 1. The summed E-state index contributed by atoms with van der Waals surface area (Å²) < 4.78 is 0. The second kappa shape index (κ2) is 6.42. The van der Waals surface area contributed by atoms with E-state index >= 15 is 0 Å². The molecule has 92 valence electrons. The lowest BCUT2D eigenvalue weighted by Crippen LogP contribution is -2.27. The number of rotatable bonds is 5. The van der Waals surface area contributed by atoms with Gasteiger partial charge < -0.3 is 0 Å². The molecule has 0 aromatic heterocycles. The van der Waals surface area contributed by atoms with Gasteiger partial charge in [-0.1, -0.05) is 48.5 Å². The average molecular weight is 242 g/mol. The molecule has 18 heavy (non-hydrogen) atoms. The highest BCUT2D eigenvalue weighted by atomic mass is 16.8. The molecule has 0 unspecified atom stereocenters. The van der Waals surface area contributed by atoms with Crippen molar-refractivity contribution >= 4 is 11.6 Å². The predicted octanol–water partition coefficient (Wildman–Crippen LogP) is 2.30. The first-order valence-corrected chi connectivity index (χ1v) is 5.64. The van der Waals surface area contributed by atoms with Crippen molar-refractivity contribution < 1.29 is 9.73 Å². The molecule has 0 heterocycles. The molecular weight excluding hydrogens is 228 g/mol. The molecule has 0 atom stereocenters. The van der Waals surface area contributed by atoms with Gasteiger partial charge in [0.15, 0.2) is 0 Å². The highest BCUT2D eigenvalue weighted by molar-refractivity contribution is 5.77. The smallest absolute Gasteiger partial charge is 0.249 e. The van der Waals surface area contributed by atoms with E-state index in [9.17, 15) is 4.79 Å². The fraction of sp³-hybridized carbons (Fsp3) is 0.0714. The maximum atomic E-state index is 11.5. The van der Waals surface area contributed by atoms with Gasteiger partial charge in [0.2, 0.25) is 5.91 Å². The van der Waals surface area contributed by atoms with Crippen molar-refractivity contribution in [3.05, 3.63) is 66.2 Å². The van der Waals surface area contributed by atoms with Crippen LogP contribution in [0, 0.1) is 0 Å². The van der Waals surface area contributed by atoms with E-state index in [1.54, 1.807) is 0 Å². The Labute approximate surface area is 106 Å². The van der Waals surface area contributed by atoms with Crippen LogP contribution in [0.1, 0.15) is 5.56 Å². The van der Waals surface area contributed by atoms with Crippen LogP contribution in [0.25, 0.3) is 0 Å². The SMILES string of the molecule is O=C(Cc1ccccc1)NONc1ccccc1. The van der Waals surface area contributed by atoms with Gasteiger partial charge in [-0.3, -0.25) is 4.79 Å². The molecule has 4 nitrogen and oxygen atoms in total. The Balaban J connectivity index is 1.73. The molecule has 1 amide bonds. The summed E-state index contributed by atoms with van der Waals surface area (Å²) in [6, 6.07) is 18.8. The van der Waals surface area contributed by atoms with E-state index in [0.717, 1.165) is 11.3 Å². The Hall–Kier alpha value is -2.33. The van der Waals surface area contributed by atoms with E-state index < -0.39 is 0 Å². The van der Waals surface area contributed by atoms with Gasteiger partial charge >= 0.3 is 0 Å². The maximum Gasteiger partial charge on any atom is 0.249 e. The summed E-state index contributed by atoms with van der Waals surface area (Å²) >= 11 is 0. The Bertz CT molecular complexity index is 486. The number of hydroxylamine groups is 1. The molecule has 0 aliphatic carbocycles. The van der Waals surface area contributed by atoms with E-state index in [-0.39, 0.29) is 12.3 Å². The first-order chi connectivity index (χ1) is 8.84. The summed E-state index contributed by atoms with van der Waals surface area (Å²) in [4.78, 5) is 16.4. The number of amides is 1. The number of para-hydroxylation sites is 1. The van der Waals surface area contributed by atoms with Gasteiger partial charge in [-0.25, -0.2) is 11.0 Å². The molecule has 2 N–H and O–H groups in total. The molecule has 0 fully saturated rings. The topological polar surface area (TPSA) is 50.4 Å². The molecule has 0 radical (unpaired) electrons. The van der Waals surface area contributed by atoms with Crippen molar-refractivity contribution in [2.45, 2.75) is 6.42 Å². The molecule has 2 aromatic carbocycles. The van der Waals surface area contributed by atoms with E-state index in [1.807, 2.05) is 60.7 Å². The van der Waals surface area contributed by atoms with Gasteiger partial charge in [0, 0.05) is 0 Å². The lowest BCUT2D eigenvalue weighted by molar-refractivity contribution is -0.130. The summed E-state index contributed by atoms with van der Waals surface area (Å²) in [5, 5.41) is 0. The van der Waals surface area contributed by atoms with E-state index in [0.29, 0.717) is 0 Å². The summed E-state index contributed by atoms with van der Waals surface area (Å²) in [5.41, 5.74) is 6.68. The summed E-state index contributed by atoms with van der Waals surface area (Å²) in [5.74, 6) is -0.204. The third kappa shape index (κ3) is 3.92. The highest BCUT2D eigenvalue weighted by Crippen LogP contribution is 2.04. The Morgan fingerprint density at radius 2 is 1.56 bits per heavy atom. The van der Waals surface area contributed by atoms with Crippen molar-refractivity contribution in [3.8, 4) is 0 Å².